The third-order valence-corrected chi connectivity index (χ3v) is 9.55. The number of unbranched alkanes of at least 4 members (excludes halogenated alkanes) is 1. The van der Waals surface area contributed by atoms with Crippen molar-refractivity contribution in [1.29, 1.82) is 0 Å². The fourth-order valence-corrected chi connectivity index (χ4v) is 6.70. The Hall–Kier alpha value is -5.11. The van der Waals surface area contributed by atoms with Gasteiger partial charge in [-0.05, 0) is 107 Å². The number of hydrogen-bond acceptors (Lipinski definition) is 9. The van der Waals surface area contributed by atoms with Crippen molar-refractivity contribution < 1.29 is 38.7 Å². The minimum Gasteiger partial charge on any atom is -0.508 e. The molecule has 0 aromatic heterocycles. The van der Waals surface area contributed by atoms with E-state index in [9.17, 15) is 38.7 Å². The molecule has 1 aliphatic heterocycles. The number of ketones is 2. The van der Waals surface area contributed by atoms with Gasteiger partial charge in [0.05, 0.1) is 12.5 Å². The summed E-state index contributed by atoms with van der Waals surface area (Å²) in [5.74, 6) is -2.85. The summed E-state index contributed by atoms with van der Waals surface area (Å²) in [6, 6.07) is 7.44. The molecule has 0 bridgehead atoms. The Bertz CT molecular complexity index is 1670. The van der Waals surface area contributed by atoms with Gasteiger partial charge in [-0.25, -0.2) is 0 Å². The number of likely N-dealkylation sites (N-methyl/N-ethyl adjacent to an activating group) is 1. The molecule has 0 radical (unpaired) electrons. The highest BCUT2D eigenvalue weighted by molar-refractivity contribution is 5.98. The molecule has 0 saturated carbocycles. The van der Waals surface area contributed by atoms with Crippen LogP contribution in [-0.2, 0) is 52.9 Å². The van der Waals surface area contributed by atoms with E-state index in [0.29, 0.717) is 19.3 Å². The average Bonchev–Trinajstić information content (AvgIpc) is 3.07. The third-order valence-electron chi connectivity index (χ3n) is 9.55. The zero-order valence-electron chi connectivity index (χ0n) is 31.6. The zero-order valence-corrected chi connectivity index (χ0v) is 31.6. The molecule has 0 aliphatic carbocycles. The number of Topliss-reactive ketones (excluding diaryl/α,β-unsaturated/α-hetero) is 2. The number of nitrogens with two attached hydrogens (primary N) is 1. The van der Waals surface area contributed by atoms with Gasteiger partial charge < -0.3 is 31.7 Å². The van der Waals surface area contributed by atoms with Gasteiger partial charge in [-0.2, -0.15) is 0 Å². The van der Waals surface area contributed by atoms with Crippen molar-refractivity contribution >= 4 is 41.1 Å². The second kappa shape index (κ2) is 19.6. The molecule has 14 heteroatoms. The van der Waals surface area contributed by atoms with Gasteiger partial charge in [-0.3, -0.25) is 38.5 Å². The van der Waals surface area contributed by atoms with E-state index in [-0.39, 0.29) is 68.4 Å². The lowest BCUT2D eigenvalue weighted by molar-refractivity contribution is -0.146. The van der Waals surface area contributed by atoms with Crippen LogP contribution in [0.15, 0.2) is 36.4 Å². The summed E-state index contributed by atoms with van der Waals surface area (Å²) in [5, 5.41) is 18.1. The number of hydrogen-bond donors (Lipinski definition) is 5. The first-order valence-electron chi connectivity index (χ1n) is 18.0. The highest BCUT2D eigenvalue weighted by Crippen LogP contribution is 2.28. The van der Waals surface area contributed by atoms with E-state index >= 15 is 0 Å². The van der Waals surface area contributed by atoms with E-state index in [4.69, 9.17) is 5.73 Å². The van der Waals surface area contributed by atoms with Gasteiger partial charge in [-0.1, -0.05) is 24.3 Å². The van der Waals surface area contributed by atoms with Crippen molar-refractivity contribution in [3.63, 3.8) is 0 Å². The van der Waals surface area contributed by atoms with Crippen LogP contribution in [0.25, 0.3) is 0 Å². The summed E-state index contributed by atoms with van der Waals surface area (Å²) in [4.78, 5) is 91.8. The number of phenols is 1. The van der Waals surface area contributed by atoms with Crippen molar-refractivity contribution in [3.8, 4) is 5.75 Å². The SMILES string of the molecule is CC(=O)CC(=O)CC[C@H](NC(C)=O)C(=O)NCCCC[C@H](NC(=O)[C@@H]1Cc2ccccc2CN1C(=O)[C@H](Cc1c(C)cc(O)cc1C)N(C)C)C(N)=O. The molecule has 14 nitrogen and oxygen atoms in total. The van der Waals surface area contributed by atoms with Crippen molar-refractivity contribution in [2.75, 3.05) is 20.6 Å². The summed E-state index contributed by atoms with van der Waals surface area (Å²) in [6.07, 6.45) is 1.39. The maximum absolute atomic E-state index is 14.4. The summed E-state index contributed by atoms with van der Waals surface area (Å²) >= 11 is 0. The Morgan fingerprint density at radius 1 is 0.925 bits per heavy atom. The smallest absolute Gasteiger partial charge is 0.243 e. The lowest BCUT2D eigenvalue weighted by Crippen LogP contribution is -2.59. The zero-order chi connectivity index (χ0) is 39.4. The number of phenolic OH excluding ortho intramolecular Hbond substituents is 1. The molecule has 6 N–H and O–H groups in total. The maximum Gasteiger partial charge on any atom is 0.243 e. The Morgan fingerprint density at radius 3 is 2.15 bits per heavy atom. The van der Waals surface area contributed by atoms with Crippen molar-refractivity contribution in [2.24, 2.45) is 5.73 Å². The molecular formula is C39H54N6O8. The predicted molar refractivity (Wildman–Crippen MR) is 198 cm³/mol. The van der Waals surface area contributed by atoms with Crippen LogP contribution >= 0.6 is 0 Å². The molecular weight excluding hydrogens is 680 g/mol. The number of benzene rings is 2. The highest BCUT2D eigenvalue weighted by atomic mass is 16.3. The number of carbonyl (C=O) groups is 7. The largest absolute Gasteiger partial charge is 0.508 e. The summed E-state index contributed by atoms with van der Waals surface area (Å²) in [7, 11) is 3.62. The van der Waals surface area contributed by atoms with Crippen LogP contribution in [0, 0.1) is 13.8 Å². The minimum atomic E-state index is -1.03. The summed E-state index contributed by atoms with van der Waals surface area (Å²) < 4.78 is 0. The van der Waals surface area contributed by atoms with Crippen molar-refractivity contribution in [1.82, 2.24) is 25.8 Å². The fourth-order valence-electron chi connectivity index (χ4n) is 6.70. The molecule has 4 atom stereocenters. The quantitative estimate of drug-likeness (QED) is 0.105. The number of nitrogens with one attached hydrogen (secondary N) is 3. The molecule has 5 amide bonds. The van der Waals surface area contributed by atoms with E-state index < -0.39 is 47.8 Å². The average molecular weight is 735 g/mol. The van der Waals surface area contributed by atoms with E-state index in [1.54, 1.807) is 17.0 Å². The van der Waals surface area contributed by atoms with Crippen LogP contribution in [-0.4, -0.2) is 101 Å². The van der Waals surface area contributed by atoms with Gasteiger partial charge in [0.2, 0.25) is 29.5 Å². The monoisotopic (exact) mass is 734 g/mol. The first-order chi connectivity index (χ1) is 25.0. The number of amides is 5. The molecule has 1 aliphatic rings. The van der Waals surface area contributed by atoms with Crippen LogP contribution in [0.2, 0.25) is 0 Å². The van der Waals surface area contributed by atoms with Gasteiger partial charge in [0.1, 0.15) is 35.4 Å². The van der Waals surface area contributed by atoms with E-state index in [0.717, 1.165) is 27.8 Å². The molecule has 0 fully saturated rings. The maximum atomic E-state index is 14.4. The Labute approximate surface area is 311 Å². The Kier molecular flexibility index (Phi) is 15.7. The Morgan fingerprint density at radius 2 is 1.57 bits per heavy atom. The number of rotatable bonds is 19. The molecule has 0 spiro atoms. The predicted octanol–water partition coefficient (Wildman–Crippen LogP) is 1.52. The lowest BCUT2D eigenvalue weighted by atomic mass is 9.90. The number of carbonyl (C=O) groups excluding carboxylic acids is 7. The first-order valence-corrected chi connectivity index (χ1v) is 18.0. The summed E-state index contributed by atoms with van der Waals surface area (Å²) in [5.41, 5.74) is 10.2. The lowest BCUT2D eigenvalue weighted by Gasteiger charge is -2.39. The molecule has 288 valence electrons. The number of primary amides is 1. The second-order valence-corrected chi connectivity index (χ2v) is 14.2. The standard InChI is InChI=1S/C39H54N6O8/c1-23-17-30(49)18-24(2)31(23)21-35(44(5)6)39(53)45-22-28-12-8-7-11-27(28)20-34(45)38(52)43-32(36(40)50)13-9-10-16-41-37(51)33(42-26(4)47)15-14-29(48)19-25(3)46/h7-8,11-12,17-18,32-35,49H,9-10,13-16,19-22H2,1-6H3,(H2,40,50)(H,41,51)(H,42,47)(H,43,52)/t32-,33-,34-,35-/m0/s1. The normalized spacial score (nSPS) is 15.5. The van der Waals surface area contributed by atoms with Gasteiger partial charge in [0, 0.05) is 32.9 Å². The van der Waals surface area contributed by atoms with Crippen LogP contribution in [0.3, 0.4) is 0 Å². The van der Waals surface area contributed by atoms with E-state index in [1.807, 2.05) is 57.1 Å². The van der Waals surface area contributed by atoms with Gasteiger partial charge >= 0.3 is 0 Å². The minimum absolute atomic E-state index is 0.0406. The number of nitrogens with zero attached hydrogens (tertiary/aromatic N) is 2. The molecule has 3 rings (SSSR count). The molecule has 0 saturated heterocycles. The molecule has 53 heavy (non-hydrogen) atoms. The van der Waals surface area contributed by atoms with Crippen LogP contribution in [0.4, 0.5) is 0 Å². The van der Waals surface area contributed by atoms with Crippen LogP contribution < -0.4 is 21.7 Å². The first kappa shape index (κ1) is 42.3. The van der Waals surface area contributed by atoms with E-state index in [2.05, 4.69) is 16.0 Å². The third kappa shape index (κ3) is 12.5. The molecule has 1 heterocycles. The molecule has 2 aromatic rings. The second-order valence-electron chi connectivity index (χ2n) is 14.2. The van der Waals surface area contributed by atoms with Crippen LogP contribution in [0.1, 0.15) is 80.2 Å². The summed E-state index contributed by atoms with van der Waals surface area (Å²) in [6.45, 7) is 6.74. The molecule has 0 unspecified atom stereocenters. The number of fused-ring (bicyclic) bond motifs is 1. The number of aromatic hydroxyl groups is 1. The van der Waals surface area contributed by atoms with Crippen molar-refractivity contribution in [2.45, 2.75) is 110 Å². The van der Waals surface area contributed by atoms with E-state index in [1.165, 1.54) is 13.8 Å². The topological polar surface area (TPSA) is 208 Å². The van der Waals surface area contributed by atoms with Gasteiger partial charge in [-0.15, -0.1) is 0 Å². The van der Waals surface area contributed by atoms with Crippen LogP contribution in [0.5, 0.6) is 5.75 Å². The number of aryl methyl sites for hydroxylation is 2. The Balaban J connectivity index is 1.67. The van der Waals surface area contributed by atoms with Crippen molar-refractivity contribution in [3.05, 3.63) is 64.2 Å². The molecule has 2 aromatic carbocycles. The van der Waals surface area contributed by atoms with Gasteiger partial charge in [0.15, 0.2) is 0 Å². The van der Waals surface area contributed by atoms with Gasteiger partial charge in [0.25, 0.3) is 0 Å². The fraction of sp³-hybridized carbons (Fsp3) is 0.513. The highest BCUT2D eigenvalue weighted by Gasteiger charge is 2.39.